The van der Waals surface area contributed by atoms with Gasteiger partial charge in [-0.1, -0.05) is 23.2 Å². The molecule has 1 heterocycles. The van der Waals surface area contributed by atoms with Gasteiger partial charge in [0.1, 0.15) is 4.90 Å². The van der Waals surface area contributed by atoms with E-state index >= 15 is 0 Å². The molecule has 26 heavy (non-hydrogen) atoms. The fourth-order valence-electron chi connectivity index (χ4n) is 2.73. The van der Waals surface area contributed by atoms with Crippen LogP contribution in [0.15, 0.2) is 23.1 Å². The lowest BCUT2D eigenvalue weighted by atomic mass is 9.94. The van der Waals surface area contributed by atoms with Crippen LogP contribution in [0.25, 0.3) is 0 Å². The normalized spacial score (nSPS) is 14.8. The van der Waals surface area contributed by atoms with Crippen molar-refractivity contribution in [2.24, 2.45) is 0 Å². The molecule has 0 amide bonds. The summed E-state index contributed by atoms with van der Waals surface area (Å²) in [4.78, 5) is 7.02. The summed E-state index contributed by atoms with van der Waals surface area (Å²) in [7, 11) is -4.31. The number of nitrogens with one attached hydrogen (secondary N) is 1. The van der Waals surface area contributed by atoms with E-state index in [-0.39, 0.29) is 32.6 Å². The maximum atomic E-state index is 13.3. The van der Waals surface area contributed by atoms with Crippen molar-refractivity contribution in [3.63, 3.8) is 0 Å². The molecule has 0 radical (unpaired) electrons. The first-order valence-corrected chi connectivity index (χ1v) is 9.77. The van der Waals surface area contributed by atoms with Crippen molar-refractivity contribution < 1.29 is 21.6 Å². The van der Waals surface area contributed by atoms with Gasteiger partial charge >= 0.3 is 6.18 Å². The predicted molar refractivity (Wildman–Crippen MR) is 90.9 cm³/mol. The smallest absolute Gasteiger partial charge is 0.247 e. The topological polar surface area (TPSA) is 72.0 Å². The maximum absolute atomic E-state index is 13.3. The van der Waals surface area contributed by atoms with Gasteiger partial charge in [0.05, 0.1) is 5.02 Å². The Labute approximate surface area is 157 Å². The summed E-state index contributed by atoms with van der Waals surface area (Å²) < 4.78 is 66.9. The van der Waals surface area contributed by atoms with E-state index in [1.54, 1.807) is 0 Å². The number of benzene rings is 1. The number of fused-ring (bicyclic) bond motifs is 1. The van der Waals surface area contributed by atoms with Gasteiger partial charge in [0.25, 0.3) is 10.0 Å². The van der Waals surface area contributed by atoms with Crippen molar-refractivity contribution >= 4 is 39.2 Å². The minimum absolute atomic E-state index is 0.0208. The van der Waals surface area contributed by atoms with Crippen LogP contribution in [0.4, 0.5) is 19.1 Å². The first kappa shape index (κ1) is 19.2. The second-order valence-corrected chi connectivity index (χ2v) is 8.20. The molecule has 1 aromatic heterocycles. The van der Waals surface area contributed by atoms with Gasteiger partial charge in [-0.25, -0.2) is 23.1 Å². The molecule has 0 atom stereocenters. The highest BCUT2D eigenvalue weighted by Gasteiger charge is 2.38. The molecule has 0 bridgehead atoms. The second kappa shape index (κ2) is 6.86. The van der Waals surface area contributed by atoms with E-state index in [0.717, 1.165) is 6.07 Å². The fraction of sp³-hybridized carbons (Fsp3) is 0.333. The average Bonchev–Trinajstić information content (AvgIpc) is 2.55. The van der Waals surface area contributed by atoms with Crippen LogP contribution in [0.3, 0.4) is 0 Å². The van der Waals surface area contributed by atoms with Crippen LogP contribution in [0.2, 0.25) is 10.0 Å². The van der Waals surface area contributed by atoms with Crippen LogP contribution in [-0.4, -0.2) is 18.4 Å². The van der Waals surface area contributed by atoms with Crippen molar-refractivity contribution in [1.29, 1.82) is 0 Å². The number of nitrogens with zero attached hydrogens (tertiary/aromatic N) is 2. The molecular weight excluding hydrogens is 414 g/mol. The Balaban J connectivity index is 2.06. The Morgan fingerprint density at radius 1 is 1.08 bits per heavy atom. The third kappa shape index (κ3) is 3.89. The average molecular weight is 426 g/mol. The molecule has 0 unspecified atom stereocenters. The zero-order valence-corrected chi connectivity index (χ0v) is 15.4. The molecule has 0 fully saturated rings. The summed E-state index contributed by atoms with van der Waals surface area (Å²) in [6.07, 6.45) is -2.90. The van der Waals surface area contributed by atoms with Crippen molar-refractivity contribution in [1.82, 2.24) is 9.97 Å². The van der Waals surface area contributed by atoms with Gasteiger partial charge in [0.15, 0.2) is 5.69 Å². The Morgan fingerprint density at radius 3 is 2.46 bits per heavy atom. The highest BCUT2D eigenvalue weighted by atomic mass is 35.5. The molecule has 1 aliphatic rings. The van der Waals surface area contributed by atoms with Crippen LogP contribution in [0.1, 0.15) is 29.8 Å². The van der Waals surface area contributed by atoms with Crippen LogP contribution in [-0.2, 0) is 29.0 Å². The molecule has 5 nitrogen and oxygen atoms in total. The van der Waals surface area contributed by atoms with Gasteiger partial charge in [-0.05, 0) is 43.9 Å². The fourth-order valence-corrected chi connectivity index (χ4v) is 4.44. The van der Waals surface area contributed by atoms with Crippen molar-refractivity contribution in [3.05, 3.63) is 45.2 Å². The van der Waals surface area contributed by atoms with E-state index in [1.165, 1.54) is 12.1 Å². The number of rotatable bonds is 3. The maximum Gasteiger partial charge on any atom is 0.433 e. The van der Waals surface area contributed by atoms with E-state index in [0.29, 0.717) is 19.3 Å². The number of halogens is 5. The molecule has 1 N–H and O–H groups in total. The summed E-state index contributed by atoms with van der Waals surface area (Å²) >= 11 is 11.6. The summed E-state index contributed by atoms with van der Waals surface area (Å²) in [5, 5.41) is -0.0204. The monoisotopic (exact) mass is 425 g/mol. The summed E-state index contributed by atoms with van der Waals surface area (Å²) in [5.74, 6) is -0.644. The number of sulfonamides is 1. The quantitative estimate of drug-likeness (QED) is 0.786. The van der Waals surface area contributed by atoms with Crippen molar-refractivity contribution in [2.45, 2.75) is 36.8 Å². The van der Waals surface area contributed by atoms with Crippen molar-refractivity contribution in [3.8, 4) is 0 Å². The summed E-state index contributed by atoms with van der Waals surface area (Å²) in [5.41, 5.74) is -0.891. The van der Waals surface area contributed by atoms with Gasteiger partial charge in [-0.15, -0.1) is 0 Å². The molecule has 1 aliphatic carbocycles. The first-order chi connectivity index (χ1) is 12.1. The third-order valence-corrected chi connectivity index (χ3v) is 5.90. The molecule has 1 aromatic carbocycles. The van der Waals surface area contributed by atoms with E-state index in [2.05, 4.69) is 9.97 Å². The Hall–Kier alpha value is -1.58. The second-order valence-electron chi connectivity index (χ2n) is 5.71. The summed E-state index contributed by atoms with van der Waals surface area (Å²) in [6, 6.07) is 3.75. The zero-order chi connectivity index (χ0) is 19.1. The lowest BCUT2D eigenvalue weighted by Gasteiger charge is -2.20. The van der Waals surface area contributed by atoms with Crippen LogP contribution >= 0.6 is 23.2 Å². The Kier molecular flexibility index (Phi) is 5.06. The highest BCUT2D eigenvalue weighted by Crippen LogP contribution is 2.35. The van der Waals surface area contributed by atoms with Crippen LogP contribution in [0, 0.1) is 0 Å². The largest absolute Gasteiger partial charge is 0.433 e. The highest BCUT2D eigenvalue weighted by molar-refractivity contribution is 7.92. The lowest BCUT2D eigenvalue weighted by molar-refractivity contribution is -0.142. The predicted octanol–water partition coefficient (Wildman–Crippen LogP) is 4.48. The molecule has 3 rings (SSSR count). The number of anilines is 1. The van der Waals surface area contributed by atoms with Gasteiger partial charge in [0.2, 0.25) is 5.95 Å². The number of aryl methyl sites for hydroxylation is 1. The molecule has 0 saturated heterocycles. The molecule has 2 aromatic rings. The van der Waals surface area contributed by atoms with Crippen LogP contribution in [0.5, 0.6) is 0 Å². The molecule has 0 spiro atoms. The molecule has 140 valence electrons. The number of hydrogen-bond donors (Lipinski definition) is 1. The van der Waals surface area contributed by atoms with Gasteiger partial charge in [-0.2, -0.15) is 13.2 Å². The van der Waals surface area contributed by atoms with Crippen LogP contribution < -0.4 is 4.72 Å². The number of aromatic nitrogens is 2. The lowest BCUT2D eigenvalue weighted by Crippen LogP contribution is -2.22. The van der Waals surface area contributed by atoms with E-state index < -0.39 is 27.8 Å². The Morgan fingerprint density at radius 2 is 1.77 bits per heavy atom. The number of hydrogen-bond acceptors (Lipinski definition) is 4. The standard InChI is InChI=1S/C15H12Cl2F3N3O2S/c16-8-5-6-10(17)12(7-8)26(24,25)23-14-21-11-4-2-1-3-9(11)13(22-14)15(18,19)20/h5-7H,1-4H2,(H,21,22,23). The first-order valence-electron chi connectivity index (χ1n) is 7.53. The third-order valence-electron chi connectivity index (χ3n) is 3.86. The van der Waals surface area contributed by atoms with Gasteiger partial charge in [-0.3, -0.25) is 0 Å². The summed E-state index contributed by atoms with van der Waals surface area (Å²) in [6.45, 7) is 0. The minimum Gasteiger partial charge on any atom is -0.247 e. The Bertz CT molecular complexity index is 965. The van der Waals surface area contributed by atoms with E-state index in [1.807, 2.05) is 4.72 Å². The van der Waals surface area contributed by atoms with E-state index in [9.17, 15) is 21.6 Å². The van der Waals surface area contributed by atoms with Crippen molar-refractivity contribution in [2.75, 3.05) is 4.72 Å². The minimum atomic E-state index is -4.71. The van der Waals surface area contributed by atoms with Gasteiger partial charge in [0, 0.05) is 16.3 Å². The molecular formula is C15H12Cl2F3N3O2S. The SMILES string of the molecule is O=S(=O)(Nc1nc2c(c(C(F)(F)F)n1)CCCC2)c1cc(Cl)ccc1Cl. The van der Waals surface area contributed by atoms with Gasteiger partial charge < -0.3 is 0 Å². The molecule has 11 heteroatoms. The molecule has 0 aliphatic heterocycles. The molecule has 0 saturated carbocycles. The number of alkyl halides is 3. The van der Waals surface area contributed by atoms with E-state index in [4.69, 9.17) is 23.2 Å². The zero-order valence-electron chi connectivity index (χ0n) is 13.1.